The van der Waals surface area contributed by atoms with Crippen LogP contribution in [-0.2, 0) is 22.6 Å². The average molecular weight is 337 g/mol. The van der Waals surface area contributed by atoms with Crippen LogP contribution in [0.4, 0.5) is 0 Å². The van der Waals surface area contributed by atoms with E-state index in [1.165, 1.54) is 11.3 Å². The number of ether oxygens (including phenoxy) is 2. The lowest BCUT2D eigenvalue weighted by molar-refractivity contribution is 0.0243. The van der Waals surface area contributed by atoms with Crippen LogP contribution in [0.1, 0.15) is 36.7 Å². The summed E-state index contributed by atoms with van der Waals surface area (Å²) in [5.74, 6) is 0.787. The Morgan fingerprint density at radius 1 is 1.42 bits per heavy atom. The van der Waals surface area contributed by atoms with Gasteiger partial charge in [0.2, 0.25) is 0 Å². The lowest BCUT2D eigenvalue weighted by Crippen LogP contribution is -2.45. The number of nitrogens with zero attached hydrogens (tertiary/aromatic N) is 3. The maximum atomic E-state index is 5.81. The van der Waals surface area contributed by atoms with Crippen molar-refractivity contribution >= 4 is 5.96 Å². The smallest absolute Gasteiger partial charge is 0.191 e. The molecule has 1 aliphatic heterocycles. The van der Waals surface area contributed by atoms with Crippen molar-refractivity contribution < 1.29 is 9.47 Å². The second kappa shape index (κ2) is 8.48. The lowest BCUT2D eigenvalue weighted by Gasteiger charge is -2.24. The van der Waals surface area contributed by atoms with Gasteiger partial charge in [-0.1, -0.05) is 0 Å². The highest BCUT2D eigenvalue weighted by atomic mass is 16.5. The molecule has 2 N–H and O–H groups in total. The van der Waals surface area contributed by atoms with E-state index in [-0.39, 0.29) is 5.60 Å². The molecule has 24 heavy (non-hydrogen) atoms. The topological polar surface area (TPSA) is 72.7 Å². The zero-order valence-corrected chi connectivity index (χ0v) is 15.6. The SMILES string of the molecule is CN=C(NCc1c(C)nn(CCOC)c1C)NCC1(C)CCCO1. The van der Waals surface area contributed by atoms with Gasteiger partial charge in [-0.15, -0.1) is 0 Å². The number of aromatic nitrogens is 2. The normalized spacial score (nSPS) is 21.3. The Labute approximate surface area is 144 Å². The van der Waals surface area contributed by atoms with Crippen LogP contribution in [0.25, 0.3) is 0 Å². The van der Waals surface area contributed by atoms with Gasteiger partial charge in [-0.25, -0.2) is 0 Å². The third-order valence-electron chi connectivity index (χ3n) is 4.63. The minimum Gasteiger partial charge on any atom is -0.383 e. The Balaban J connectivity index is 1.90. The van der Waals surface area contributed by atoms with Gasteiger partial charge >= 0.3 is 0 Å². The molecule has 0 amide bonds. The Bertz CT molecular complexity index is 562. The monoisotopic (exact) mass is 337 g/mol. The van der Waals surface area contributed by atoms with Gasteiger partial charge in [-0.2, -0.15) is 5.10 Å². The summed E-state index contributed by atoms with van der Waals surface area (Å²) in [4.78, 5) is 4.30. The van der Waals surface area contributed by atoms with Crippen molar-refractivity contribution in [3.8, 4) is 0 Å². The second-order valence-electron chi connectivity index (χ2n) is 6.55. The van der Waals surface area contributed by atoms with Crippen molar-refractivity contribution in [2.45, 2.75) is 52.3 Å². The van der Waals surface area contributed by atoms with E-state index in [9.17, 15) is 0 Å². The number of guanidine groups is 1. The summed E-state index contributed by atoms with van der Waals surface area (Å²) < 4.78 is 12.9. The fraction of sp³-hybridized carbons (Fsp3) is 0.765. The van der Waals surface area contributed by atoms with E-state index >= 15 is 0 Å². The van der Waals surface area contributed by atoms with Crippen LogP contribution in [0.5, 0.6) is 0 Å². The van der Waals surface area contributed by atoms with E-state index < -0.39 is 0 Å². The first-order valence-corrected chi connectivity index (χ1v) is 8.59. The van der Waals surface area contributed by atoms with E-state index in [2.05, 4.69) is 34.6 Å². The highest BCUT2D eigenvalue weighted by Crippen LogP contribution is 2.23. The third kappa shape index (κ3) is 4.70. The van der Waals surface area contributed by atoms with Gasteiger partial charge in [0.25, 0.3) is 0 Å². The van der Waals surface area contributed by atoms with Crippen molar-refractivity contribution in [1.82, 2.24) is 20.4 Å². The molecule has 2 rings (SSSR count). The molecule has 0 saturated carbocycles. The maximum Gasteiger partial charge on any atom is 0.191 e. The molecule has 7 nitrogen and oxygen atoms in total. The van der Waals surface area contributed by atoms with Crippen LogP contribution in [0.15, 0.2) is 4.99 Å². The molecule has 1 unspecified atom stereocenters. The van der Waals surface area contributed by atoms with Gasteiger partial charge in [-0.05, 0) is 33.6 Å². The molecule has 0 radical (unpaired) electrons. The fourth-order valence-electron chi connectivity index (χ4n) is 3.02. The molecule has 7 heteroatoms. The zero-order valence-electron chi connectivity index (χ0n) is 15.6. The summed E-state index contributed by atoms with van der Waals surface area (Å²) in [5.41, 5.74) is 3.32. The Kier molecular flexibility index (Phi) is 6.62. The van der Waals surface area contributed by atoms with E-state index in [4.69, 9.17) is 9.47 Å². The summed E-state index contributed by atoms with van der Waals surface area (Å²) >= 11 is 0. The minimum absolute atomic E-state index is 0.0888. The molecule has 1 aliphatic rings. The highest BCUT2D eigenvalue weighted by Gasteiger charge is 2.29. The quantitative estimate of drug-likeness (QED) is 0.581. The van der Waals surface area contributed by atoms with Crippen molar-refractivity contribution in [3.05, 3.63) is 17.0 Å². The maximum absolute atomic E-state index is 5.81. The van der Waals surface area contributed by atoms with E-state index in [1.807, 2.05) is 11.6 Å². The zero-order chi connectivity index (χ0) is 17.6. The van der Waals surface area contributed by atoms with Gasteiger partial charge < -0.3 is 20.1 Å². The molecule has 0 aromatic carbocycles. The summed E-state index contributed by atoms with van der Waals surface area (Å²) in [5, 5.41) is 11.3. The standard InChI is InChI=1S/C17H31N5O2/c1-13-15(14(2)22(21-13)8-10-23-5)11-19-16(18-4)20-12-17(3)7-6-9-24-17/h6-12H2,1-5H3,(H2,18,19,20). The molecule has 1 aromatic heterocycles. The number of hydrogen-bond donors (Lipinski definition) is 2. The van der Waals surface area contributed by atoms with Crippen molar-refractivity contribution in [3.63, 3.8) is 0 Å². The summed E-state index contributed by atoms with van der Waals surface area (Å²) in [6, 6.07) is 0. The number of hydrogen-bond acceptors (Lipinski definition) is 4. The van der Waals surface area contributed by atoms with Gasteiger partial charge in [0.05, 0.1) is 24.4 Å². The van der Waals surface area contributed by atoms with Crippen molar-refractivity contribution in [1.29, 1.82) is 0 Å². The van der Waals surface area contributed by atoms with Crippen LogP contribution in [0.2, 0.25) is 0 Å². The summed E-state index contributed by atoms with van der Waals surface area (Å²) in [6.07, 6.45) is 2.21. The molecule has 136 valence electrons. The van der Waals surface area contributed by atoms with Gasteiger partial charge in [-0.3, -0.25) is 9.67 Å². The summed E-state index contributed by atoms with van der Waals surface area (Å²) in [7, 11) is 3.49. The van der Waals surface area contributed by atoms with Gasteiger partial charge in [0, 0.05) is 45.1 Å². The molecule has 0 aliphatic carbocycles. The van der Waals surface area contributed by atoms with Crippen LogP contribution in [0, 0.1) is 13.8 Å². The predicted molar refractivity (Wildman–Crippen MR) is 95.4 cm³/mol. The minimum atomic E-state index is -0.0888. The number of nitrogens with one attached hydrogen (secondary N) is 2. The molecule has 2 heterocycles. The third-order valence-corrected chi connectivity index (χ3v) is 4.63. The van der Waals surface area contributed by atoms with Crippen molar-refractivity contribution in [2.75, 3.05) is 33.9 Å². The van der Waals surface area contributed by atoms with Gasteiger partial charge in [0.15, 0.2) is 5.96 Å². The number of methoxy groups -OCH3 is 1. The lowest BCUT2D eigenvalue weighted by atomic mass is 10.0. The molecule has 1 saturated heterocycles. The second-order valence-corrected chi connectivity index (χ2v) is 6.55. The predicted octanol–water partition coefficient (Wildman–Crippen LogP) is 1.38. The first kappa shape index (κ1) is 18.7. The van der Waals surface area contributed by atoms with Crippen LogP contribution < -0.4 is 10.6 Å². The molecule has 1 fully saturated rings. The Hall–Kier alpha value is -1.60. The van der Waals surface area contributed by atoms with Crippen LogP contribution >= 0.6 is 0 Å². The largest absolute Gasteiger partial charge is 0.383 e. The number of aryl methyl sites for hydroxylation is 1. The first-order valence-electron chi connectivity index (χ1n) is 8.59. The molecule has 0 bridgehead atoms. The number of aliphatic imine (C=N–C) groups is 1. The average Bonchev–Trinajstić information content (AvgIpc) is 3.11. The first-order chi connectivity index (χ1) is 11.5. The van der Waals surface area contributed by atoms with Crippen molar-refractivity contribution in [2.24, 2.45) is 4.99 Å². The molecular weight excluding hydrogens is 306 g/mol. The summed E-state index contributed by atoms with van der Waals surface area (Å²) in [6.45, 7) is 10.0. The van der Waals surface area contributed by atoms with Crippen LogP contribution in [0.3, 0.4) is 0 Å². The number of rotatable bonds is 7. The van der Waals surface area contributed by atoms with E-state index in [1.54, 1.807) is 14.2 Å². The van der Waals surface area contributed by atoms with Gasteiger partial charge in [0.1, 0.15) is 0 Å². The molecule has 1 atom stereocenters. The molecule has 1 aromatic rings. The van der Waals surface area contributed by atoms with E-state index in [0.29, 0.717) is 13.2 Å². The molecule has 0 spiro atoms. The highest BCUT2D eigenvalue weighted by molar-refractivity contribution is 5.79. The Morgan fingerprint density at radius 3 is 2.83 bits per heavy atom. The molecular formula is C17H31N5O2. The van der Waals surface area contributed by atoms with E-state index in [0.717, 1.165) is 44.2 Å². The fourth-order valence-corrected chi connectivity index (χ4v) is 3.02. The Morgan fingerprint density at radius 2 is 2.21 bits per heavy atom. The van der Waals surface area contributed by atoms with Crippen LogP contribution in [-0.4, -0.2) is 55.3 Å².